The Morgan fingerprint density at radius 2 is 1.76 bits per heavy atom. The molecule has 0 atom stereocenters. The van der Waals surface area contributed by atoms with Gasteiger partial charge in [-0.15, -0.1) is 5.10 Å². The third-order valence-corrected chi connectivity index (χ3v) is 5.78. The van der Waals surface area contributed by atoms with E-state index < -0.39 is 5.54 Å². The molecule has 0 spiro atoms. The second-order valence-corrected chi connectivity index (χ2v) is 8.36. The zero-order valence-electron chi connectivity index (χ0n) is 19.7. The van der Waals surface area contributed by atoms with Gasteiger partial charge in [0.2, 0.25) is 5.75 Å². The van der Waals surface area contributed by atoms with Gasteiger partial charge in [0.05, 0.1) is 33.4 Å². The van der Waals surface area contributed by atoms with E-state index in [2.05, 4.69) is 64.1 Å². The predicted octanol–water partition coefficient (Wildman–Crippen LogP) is 3.30. The molecule has 2 heterocycles. The summed E-state index contributed by atoms with van der Waals surface area (Å²) < 4.78 is 18.2. The first-order valence-electron chi connectivity index (χ1n) is 10.8. The SMILES string of the molecule is COc1cc(Cn2nnnc2C(C)(C)NCCc2c[nH]c3ccccc23)cc(OC)c1OC. The van der Waals surface area contributed by atoms with Crippen LogP contribution in [0.25, 0.3) is 10.9 Å². The van der Waals surface area contributed by atoms with Gasteiger partial charge in [0, 0.05) is 23.6 Å². The highest BCUT2D eigenvalue weighted by molar-refractivity contribution is 5.83. The Kier molecular flexibility index (Phi) is 6.50. The highest BCUT2D eigenvalue weighted by atomic mass is 16.5. The zero-order valence-corrected chi connectivity index (χ0v) is 19.7. The summed E-state index contributed by atoms with van der Waals surface area (Å²) in [7, 11) is 4.79. The van der Waals surface area contributed by atoms with Crippen molar-refractivity contribution in [3.8, 4) is 17.2 Å². The van der Waals surface area contributed by atoms with Crippen LogP contribution in [0.2, 0.25) is 0 Å². The van der Waals surface area contributed by atoms with E-state index in [1.54, 1.807) is 26.0 Å². The molecule has 0 saturated heterocycles. The van der Waals surface area contributed by atoms with Gasteiger partial charge in [-0.3, -0.25) is 0 Å². The van der Waals surface area contributed by atoms with Gasteiger partial charge in [0.25, 0.3) is 0 Å². The van der Waals surface area contributed by atoms with Crippen LogP contribution in [0.1, 0.15) is 30.8 Å². The van der Waals surface area contributed by atoms with E-state index in [0.717, 1.165) is 29.9 Å². The number of tetrazole rings is 1. The second kappa shape index (κ2) is 9.50. The summed E-state index contributed by atoms with van der Waals surface area (Å²) in [5, 5.41) is 17.3. The van der Waals surface area contributed by atoms with Crippen molar-refractivity contribution in [1.82, 2.24) is 30.5 Å². The minimum atomic E-state index is -0.434. The van der Waals surface area contributed by atoms with Crippen LogP contribution in [-0.4, -0.2) is 53.1 Å². The van der Waals surface area contributed by atoms with Gasteiger partial charge in [-0.25, -0.2) is 4.68 Å². The molecule has 4 aromatic rings. The van der Waals surface area contributed by atoms with Crippen molar-refractivity contribution in [2.75, 3.05) is 27.9 Å². The van der Waals surface area contributed by atoms with Crippen LogP contribution >= 0.6 is 0 Å². The van der Waals surface area contributed by atoms with Gasteiger partial charge in [-0.2, -0.15) is 0 Å². The van der Waals surface area contributed by atoms with Crippen LogP contribution in [0.5, 0.6) is 17.2 Å². The lowest BCUT2D eigenvalue weighted by Gasteiger charge is -2.25. The molecule has 0 aliphatic heterocycles. The average molecular weight is 451 g/mol. The maximum absolute atomic E-state index is 5.47. The van der Waals surface area contributed by atoms with E-state index in [1.165, 1.54) is 10.9 Å². The molecule has 9 nitrogen and oxygen atoms in total. The molecular formula is C24H30N6O3. The molecule has 0 amide bonds. The summed E-state index contributed by atoms with van der Waals surface area (Å²) in [5.74, 6) is 2.49. The van der Waals surface area contributed by atoms with E-state index in [9.17, 15) is 0 Å². The van der Waals surface area contributed by atoms with Gasteiger partial charge in [0.15, 0.2) is 17.3 Å². The molecular weight excluding hydrogens is 420 g/mol. The molecule has 9 heteroatoms. The first-order chi connectivity index (χ1) is 16.0. The number of hydrogen-bond donors (Lipinski definition) is 2. The Morgan fingerprint density at radius 3 is 2.45 bits per heavy atom. The van der Waals surface area contributed by atoms with Crippen molar-refractivity contribution in [2.45, 2.75) is 32.4 Å². The van der Waals surface area contributed by atoms with Crippen LogP contribution in [0.4, 0.5) is 0 Å². The fraction of sp³-hybridized carbons (Fsp3) is 0.375. The number of para-hydroxylation sites is 1. The number of fused-ring (bicyclic) bond motifs is 1. The van der Waals surface area contributed by atoms with Crippen LogP contribution in [0, 0.1) is 0 Å². The number of nitrogens with zero attached hydrogens (tertiary/aromatic N) is 4. The second-order valence-electron chi connectivity index (χ2n) is 8.36. The summed E-state index contributed by atoms with van der Waals surface area (Å²) in [6.45, 7) is 5.41. The number of aromatic amines is 1. The van der Waals surface area contributed by atoms with E-state index in [0.29, 0.717) is 23.8 Å². The quantitative estimate of drug-likeness (QED) is 0.382. The molecule has 0 unspecified atom stereocenters. The maximum Gasteiger partial charge on any atom is 0.203 e. The highest BCUT2D eigenvalue weighted by Gasteiger charge is 2.27. The Morgan fingerprint density at radius 1 is 1.03 bits per heavy atom. The molecule has 2 aromatic carbocycles. The van der Waals surface area contributed by atoms with Crippen LogP contribution in [-0.2, 0) is 18.5 Å². The minimum absolute atomic E-state index is 0.434. The number of ether oxygens (including phenoxy) is 3. The fourth-order valence-electron chi connectivity index (χ4n) is 4.09. The average Bonchev–Trinajstić information content (AvgIpc) is 3.46. The zero-order chi connectivity index (χ0) is 23.4. The number of H-pyrrole nitrogens is 1. The number of hydrogen-bond acceptors (Lipinski definition) is 7. The first-order valence-corrected chi connectivity index (χ1v) is 10.8. The van der Waals surface area contributed by atoms with Crippen LogP contribution in [0.3, 0.4) is 0 Å². The van der Waals surface area contributed by atoms with Gasteiger partial charge in [-0.05, 0) is 60.0 Å². The smallest absolute Gasteiger partial charge is 0.203 e. The Bertz CT molecular complexity index is 1200. The van der Waals surface area contributed by atoms with Gasteiger partial charge < -0.3 is 24.5 Å². The Balaban J connectivity index is 1.49. The lowest BCUT2D eigenvalue weighted by molar-refractivity contribution is 0.323. The molecule has 0 saturated carbocycles. The van der Waals surface area contributed by atoms with E-state index in [1.807, 2.05) is 18.2 Å². The summed E-state index contributed by atoms with van der Waals surface area (Å²) >= 11 is 0. The fourth-order valence-corrected chi connectivity index (χ4v) is 4.09. The maximum atomic E-state index is 5.47. The normalized spacial score (nSPS) is 11.7. The lowest BCUT2D eigenvalue weighted by Crippen LogP contribution is -2.40. The number of aromatic nitrogens is 5. The molecule has 33 heavy (non-hydrogen) atoms. The molecule has 0 aliphatic carbocycles. The standard InChI is InChI=1S/C24H30N6O3/c1-24(2,26-11-10-17-14-25-19-9-7-6-8-18(17)19)23-27-28-29-30(23)15-16-12-20(31-3)22(33-5)21(13-16)32-4/h6-9,12-14,25-26H,10-11,15H2,1-5H3. The summed E-state index contributed by atoms with van der Waals surface area (Å²) in [4.78, 5) is 3.33. The largest absolute Gasteiger partial charge is 0.493 e. The van der Waals surface area contributed by atoms with Crippen LogP contribution in [0.15, 0.2) is 42.6 Å². The molecule has 2 N–H and O–H groups in total. The third-order valence-electron chi connectivity index (χ3n) is 5.78. The van der Waals surface area contributed by atoms with Crippen molar-refractivity contribution < 1.29 is 14.2 Å². The van der Waals surface area contributed by atoms with Crippen molar-refractivity contribution in [2.24, 2.45) is 0 Å². The summed E-state index contributed by atoms with van der Waals surface area (Å²) in [6, 6.07) is 12.2. The van der Waals surface area contributed by atoms with E-state index in [4.69, 9.17) is 14.2 Å². The monoisotopic (exact) mass is 450 g/mol. The van der Waals surface area contributed by atoms with Gasteiger partial charge in [-0.1, -0.05) is 18.2 Å². The van der Waals surface area contributed by atoms with E-state index in [-0.39, 0.29) is 0 Å². The highest BCUT2D eigenvalue weighted by Crippen LogP contribution is 2.38. The Labute approximate surface area is 193 Å². The van der Waals surface area contributed by atoms with Crippen molar-refractivity contribution >= 4 is 10.9 Å². The number of benzene rings is 2. The number of methoxy groups -OCH3 is 3. The lowest BCUT2D eigenvalue weighted by atomic mass is 10.0. The summed E-state index contributed by atoms with van der Waals surface area (Å²) in [5.41, 5.74) is 2.94. The minimum Gasteiger partial charge on any atom is -0.493 e. The van der Waals surface area contributed by atoms with Crippen molar-refractivity contribution in [3.63, 3.8) is 0 Å². The molecule has 0 radical (unpaired) electrons. The number of rotatable bonds is 10. The molecule has 2 aromatic heterocycles. The third kappa shape index (κ3) is 4.63. The Hall–Kier alpha value is -3.59. The van der Waals surface area contributed by atoms with E-state index >= 15 is 0 Å². The molecule has 174 valence electrons. The molecule has 4 rings (SSSR count). The number of nitrogens with one attached hydrogen (secondary N) is 2. The van der Waals surface area contributed by atoms with Crippen molar-refractivity contribution in [1.29, 1.82) is 0 Å². The van der Waals surface area contributed by atoms with Gasteiger partial charge >= 0.3 is 0 Å². The molecule has 0 fully saturated rings. The molecule has 0 bridgehead atoms. The molecule has 0 aliphatic rings. The van der Waals surface area contributed by atoms with Gasteiger partial charge in [0.1, 0.15) is 0 Å². The van der Waals surface area contributed by atoms with Crippen LogP contribution < -0.4 is 19.5 Å². The first kappa shape index (κ1) is 22.6. The van der Waals surface area contributed by atoms with Crippen molar-refractivity contribution in [3.05, 3.63) is 59.5 Å². The topological polar surface area (TPSA) is 99.1 Å². The summed E-state index contributed by atoms with van der Waals surface area (Å²) in [6.07, 6.45) is 2.97. The predicted molar refractivity (Wildman–Crippen MR) is 126 cm³/mol.